The van der Waals surface area contributed by atoms with E-state index >= 15 is 0 Å². The van der Waals surface area contributed by atoms with Crippen molar-refractivity contribution in [3.63, 3.8) is 0 Å². The van der Waals surface area contributed by atoms with E-state index in [1.165, 1.54) is 18.4 Å². The first-order valence-corrected chi connectivity index (χ1v) is 9.99. The highest BCUT2D eigenvalue weighted by atomic mass is 16.5. The van der Waals surface area contributed by atoms with Gasteiger partial charge in [-0.3, -0.25) is 4.79 Å². The molecule has 2 rings (SSSR count). The fourth-order valence-corrected chi connectivity index (χ4v) is 3.21. The van der Waals surface area contributed by atoms with Crippen molar-refractivity contribution in [3.8, 4) is 0 Å². The van der Waals surface area contributed by atoms with E-state index in [-0.39, 0.29) is 11.9 Å². The molecular formula is C22H32N2O2. The zero-order valence-corrected chi connectivity index (χ0v) is 16.4. The quantitative estimate of drug-likeness (QED) is 0.521. The summed E-state index contributed by atoms with van der Waals surface area (Å²) in [7, 11) is 0. The number of hydrogen-bond acceptors (Lipinski definition) is 4. The van der Waals surface area contributed by atoms with Gasteiger partial charge in [-0.1, -0.05) is 52.2 Å². The van der Waals surface area contributed by atoms with Gasteiger partial charge in [0, 0.05) is 11.9 Å². The average Bonchev–Trinajstić information content (AvgIpc) is 2.66. The van der Waals surface area contributed by atoms with E-state index < -0.39 is 0 Å². The van der Waals surface area contributed by atoms with E-state index in [1.807, 2.05) is 6.20 Å². The lowest BCUT2D eigenvalue weighted by Gasteiger charge is -2.23. The number of nitrogens with zero attached hydrogens (tertiary/aromatic N) is 2. The summed E-state index contributed by atoms with van der Waals surface area (Å²) < 4.78 is 5.59. The van der Waals surface area contributed by atoms with Crippen molar-refractivity contribution in [3.05, 3.63) is 41.9 Å². The maximum Gasteiger partial charge on any atom is 0.315 e. The molecule has 0 atom stereocenters. The number of benzene rings is 1. The van der Waals surface area contributed by atoms with Crippen LogP contribution in [0.4, 0.5) is 5.69 Å². The van der Waals surface area contributed by atoms with Gasteiger partial charge in [0.15, 0.2) is 0 Å². The summed E-state index contributed by atoms with van der Waals surface area (Å²) in [5, 5.41) is 0. The third-order valence-electron chi connectivity index (χ3n) is 4.64. The van der Waals surface area contributed by atoms with Crippen LogP contribution < -0.4 is 4.90 Å². The van der Waals surface area contributed by atoms with Crippen LogP contribution in [0.2, 0.25) is 0 Å². The number of anilines is 1. The number of aryl methyl sites for hydroxylation is 1. The molecule has 0 amide bonds. The zero-order valence-electron chi connectivity index (χ0n) is 16.4. The fourth-order valence-electron chi connectivity index (χ4n) is 3.21. The number of carbonyl (C=O) groups is 1. The van der Waals surface area contributed by atoms with Gasteiger partial charge in [-0.05, 0) is 43.4 Å². The van der Waals surface area contributed by atoms with Gasteiger partial charge >= 0.3 is 5.97 Å². The van der Waals surface area contributed by atoms with Gasteiger partial charge < -0.3 is 9.64 Å². The smallest absolute Gasteiger partial charge is 0.315 e. The van der Waals surface area contributed by atoms with Crippen LogP contribution in [0, 0.1) is 5.92 Å². The Bertz CT molecular complexity index is 631. The Balaban J connectivity index is 2.06. The lowest BCUT2D eigenvalue weighted by molar-refractivity contribution is -0.144. The standard InChI is InChI=1S/C22H32N2O2/c1-4-7-11-18-12-8-13-20(16-18)24-15-14-23-21(17-24)26-22(25)19(9-5-2)10-6-3/h8,12-14,16-17,19H,4-7,9-11,15H2,1-3H3. The van der Waals surface area contributed by atoms with Gasteiger partial charge in [-0.15, -0.1) is 0 Å². The van der Waals surface area contributed by atoms with Crippen LogP contribution in [0.15, 0.2) is 41.3 Å². The fraction of sp³-hybridized carbons (Fsp3) is 0.545. The molecule has 0 fully saturated rings. The van der Waals surface area contributed by atoms with Crippen molar-refractivity contribution in [2.24, 2.45) is 10.9 Å². The summed E-state index contributed by atoms with van der Waals surface area (Å²) in [6, 6.07) is 8.55. The third kappa shape index (κ3) is 6.01. The molecule has 0 unspecified atom stereocenters. The monoisotopic (exact) mass is 356 g/mol. The predicted molar refractivity (Wildman–Crippen MR) is 108 cm³/mol. The van der Waals surface area contributed by atoms with E-state index in [0.717, 1.165) is 37.8 Å². The van der Waals surface area contributed by atoms with Gasteiger partial charge in [0.05, 0.1) is 18.7 Å². The Kier molecular flexibility index (Phi) is 8.39. The number of unbranched alkanes of at least 4 members (excludes halogenated alkanes) is 1. The second-order valence-electron chi connectivity index (χ2n) is 6.90. The van der Waals surface area contributed by atoms with Crippen LogP contribution in [0.3, 0.4) is 0 Å². The Morgan fingerprint density at radius 1 is 1.19 bits per heavy atom. The molecule has 1 aromatic carbocycles. The van der Waals surface area contributed by atoms with Crippen LogP contribution in [0.5, 0.6) is 0 Å². The van der Waals surface area contributed by atoms with Crippen LogP contribution >= 0.6 is 0 Å². The van der Waals surface area contributed by atoms with E-state index in [1.54, 1.807) is 6.21 Å². The maximum atomic E-state index is 12.5. The first-order valence-electron chi connectivity index (χ1n) is 9.99. The summed E-state index contributed by atoms with van der Waals surface area (Å²) in [6.07, 6.45) is 10.8. The van der Waals surface area contributed by atoms with Gasteiger partial charge in [-0.25, -0.2) is 4.99 Å². The predicted octanol–water partition coefficient (Wildman–Crippen LogP) is 5.48. The van der Waals surface area contributed by atoms with Gasteiger partial charge in [0.25, 0.3) is 0 Å². The topological polar surface area (TPSA) is 41.9 Å². The Labute approximate surface area is 158 Å². The molecule has 142 valence electrons. The molecule has 4 heteroatoms. The Morgan fingerprint density at radius 3 is 2.65 bits per heavy atom. The summed E-state index contributed by atoms with van der Waals surface area (Å²) in [6.45, 7) is 7.09. The van der Waals surface area contributed by atoms with E-state index in [0.29, 0.717) is 12.4 Å². The van der Waals surface area contributed by atoms with E-state index in [9.17, 15) is 4.79 Å². The molecule has 0 spiro atoms. The molecule has 26 heavy (non-hydrogen) atoms. The molecule has 1 heterocycles. The van der Waals surface area contributed by atoms with Crippen molar-refractivity contribution in [2.45, 2.75) is 65.7 Å². The first-order chi connectivity index (χ1) is 12.7. The van der Waals surface area contributed by atoms with E-state index in [2.05, 4.69) is 54.9 Å². The van der Waals surface area contributed by atoms with E-state index in [4.69, 9.17) is 4.74 Å². The van der Waals surface area contributed by atoms with Crippen LogP contribution in [-0.4, -0.2) is 18.7 Å². The average molecular weight is 357 g/mol. The minimum Gasteiger partial charge on any atom is -0.406 e. The number of esters is 1. The summed E-state index contributed by atoms with van der Waals surface area (Å²) in [5.41, 5.74) is 2.45. The van der Waals surface area contributed by atoms with Crippen molar-refractivity contribution in [2.75, 3.05) is 11.4 Å². The number of aliphatic imine (C=N–C) groups is 1. The minimum atomic E-state index is -0.157. The number of rotatable bonds is 10. The highest BCUT2D eigenvalue weighted by Crippen LogP contribution is 2.22. The molecule has 1 aliphatic heterocycles. The van der Waals surface area contributed by atoms with Gasteiger partial charge in [0.2, 0.25) is 5.88 Å². The molecular weight excluding hydrogens is 324 g/mol. The number of ether oxygens (including phenoxy) is 1. The largest absolute Gasteiger partial charge is 0.406 e. The lowest BCUT2D eigenvalue weighted by atomic mass is 9.99. The number of hydrogen-bond donors (Lipinski definition) is 0. The first kappa shape index (κ1) is 20.2. The van der Waals surface area contributed by atoms with Gasteiger partial charge in [0.1, 0.15) is 0 Å². The highest BCUT2D eigenvalue weighted by molar-refractivity contribution is 5.75. The third-order valence-corrected chi connectivity index (χ3v) is 4.64. The molecule has 0 bridgehead atoms. The zero-order chi connectivity index (χ0) is 18.8. The normalized spacial score (nSPS) is 13.8. The highest BCUT2D eigenvalue weighted by Gasteiger charge is 2.21. The molecule has 0 saturated carbocycles. The molecule has 0 aromatic heterocycles. The van der Waals surface area contributed by atoms with Crippen molar-refractivity contribution < 1.29 is 9.53 Å². The summed E-state index contributed by atoms with van der Waals surface area (Å²) in [4.78, 5) is 18.8. The van der Waals surface area contributed by atoms with Crippen molar-refractivity contribution >= 4 is 17.9 Å². The molecule has 1 aromatic rings. The Hall–Kier alpha value is -2.10. The summed E-state index contributed by atoms with van der Waals surface area (Å²) in [5.74, 6) is 0.196. The summed E-state index contributed by atoms with van der Waals surface area (Å²) >= 11 is 0. The SMILES string of the molecule is CCCCc1cccc(N2C=C(OC(=O)C(CCC)CCC)N=CC2)c1. The lowest BCUT2D eigenvalue weighted by Crippen LogP contribution is -2.25. The molecule has 1 aliphatic rings. The maximum absolute atomic E-state index is 12.5. The Morgan fingerprint density at radius 2 is 1.96 bits per heavy atom. The molecule has 4 nitrogen and oxygen atoms in total. The van der Waals surface area contributed by atoms with Crippen LogP contribution in [-0.2, 0) is 16.0 Å². The van der Waals surface area contributed by atoms with Crippen molar-refractivity contribution in [1.29, 1.82) is 0 Å². The second-order valence-corrected chi connectivity index (χ2v) is 6.90. The minimum absolute atomic E-state index is 0.0335. The number of carbonyl (C=O) groups excluding carboxylic acids is 1. The van der Waals surface area contributed by atoms with Crippen LogP contribution in [0.1, 0.15) is 64.9 Å². The van der Waals surface area contributed by atoms with Crippen molar-refractivity contribution in [1.82, 2.24) is 0 Å². The molecule has 0 N–H and O–H groups in total. The second kappa shape index (κ2) is 10.8. The molecule has 0 radical (unpaired) electrons. The van der Waals surface area contributed by atoms with Gasteiger partial charge in [-0.2, -0.15) is 0 Å². The molecule has 0 saturated heterocycles. The molecule has 0 aliphatic carbocycles. The van der Waals surface area contributed by atoms with Crippen LogP contribution in [0.25, 0.3) is 0 Å².